The molecular weight excluding hydrogens is 414 g/mol. The van der Waals surface area contributed by atoms with Gasteiger partial charge in [-0.2, -0.15) is 5.10 Å². The number of rotatable bonds is 10. The number of fused-ring (bicyclic) bond motifs is 1. The second-order valence-electron chi connectivity index (χ2n) is 7.50. The molecule has 0 unspecified atom stereocenters. The lowest BCUT2D eigenvalue weighted by molar-refractivity contribution is 0.0916. The Bertz CT molecular complexity index is 1230. The van der Waals surface area contributed by atoms with Gasteiger partial charge in [-0.1, -0.05) is 25.1 Å². The van der Waals surface area contributed by atoms with E-state index in [1.54, 1.807) is 12.3 Å². The molecule has 168 valence electrons. The summed E-state index contributed by atoms with van der Waals surface area (Å²) in [7, 11) is 0. The van der Waals surface area contributed by atoms with E-state index in [-0.39, 0.29) is 5.91 Å². The van der Waals surface area contributed by atoms with E-state index in [0.29, 0.717) is 25.3 Å². The van der Waals surface area contributed by atoms with Gasteiger partial charge in [0.15, 0.2) is 0 Å². The van der Waals surface area contributed by atoms with Crippen molar-refractivity contribution in [1.29, 1.82) is 0 Å². The molecule has 0 aliphatic heterocycles. The van der Waals surface area contributed by atoms with Gasteiger partial charge in [0, 0.05) is 30.4 Å². The lowest BCUT2D eigenvalue weighted by Gasteiger charge is -2.12. The van der Waals surface area contributed by atoms with Crippen molar-refractivity contribution in [3.05, 3.63) is 83.8 Å². The summed E-state index contributed by atoms with van der Waals surface area (Å²) >= 11 is 0. The number of H-pyrrole nitrogens is 1. The number of hydrogen-bond donors (Lipinski definition) is 3. The monoisotopic (exact) mass is 441 g/mol. The van der Waals surface area contributed by atoms with Crippen molar-refractivity contribution in [2.45, 2.75) is 13.3 Å². The average molecular weight is 442 g/mol. The van der Waals surface area contributed by atoms with Gasteiger partial charge in [-0.15, -0.1) is 0 Å². The van der Waals surface area contributed by atoms with Crippen LogP contribution in [0.2, 0.25) is 0 Å². The topological polar surface area (TPSA) is 91.9 Å². The molecule has 0 bridgehead atoms. The molecule has 2 aromatic heterocycles. The predicted octanol–water partition coefficient (Wildman–Crippen LogP) is 5.03. The Balaban J connectivity index is 1.46. The van der Waals surface area contributed by atoms with Crippen LogP contribution in [-0.2, 0) is 4.74 Å². The zero-order valence-electron chi connectivity index (χ0n) is 18.5. The molecule has 0 atom stereocenters. The lowest BCUT2D eigenvalue weighted by Crippen LogP contribution is -2.27. The highest BCUT2D eigenvalue weighted by molar-refractivity contribution is 6.00. The Kier molecular flexibility index (Phi) is 7.45. The number of para-hydroxylation sites is 1. The molecule has 0 aliphatic carbocycles. The van der Waals surface area contributed by atoms with E-state index in [1.807, 2.05) is 66.7 Å². The molecule has 2 aromatic carbocycles. The van der Waals surface area contributed by atoms with Crippen molar-refractivity contribution in [2.75, 3.05) is 25.1 Å². The van der Waals surface area contributed by atoms with Crippen molar-refractivity contribution in [3.8, 4) is 0 Å². The molecular formula is C26H27N5O2. The van der Waals surface area contributed by atoms with Gasteiger partial charge >= 0.3 is 0 Å². The fourth-order valence-corrected chi connectivity index (χ4v) is 3.41. The van der Waals surface area contributed by atoms with Gasteiger partial charge in [0.25, 0.3) is 5.91 Å². The van der Waals surface area contributed by atoms with Gasteiger partial charge in [0.1, 0.15) is 0 Å². The minimum absolute atomic E-state index is 0.136. The smallest absolute Gasteiger partial charge is 0.253 e. The minimum Gasteiger partial charge on any atom is -0.380 e. The SMILES string of the molecule is CCCOCCNC(=O)c1ccccc1Nc1ccc2c(/C=C/c3ccccn3)n[nH]c2c1. The number of carbonyl (C=O) groups is 1. The number of nitrogens with one attached hydrogen (secondary N) is 3. The Labute approximate surface area is 192 Å². The van der Waals surface area contributed by atoms with Crippen molar-refractivity contribution in [3.63, 3.8) is 0 Å². The molecule has 4 aromatic rings. The van der Waals surface area contributed by atoms with E-state index in [2.05, 4.69) is 32.7 Å². The number of carbonyl (C=O) groups excluding carboxylic acids is 1. The quantitative estimate of drug-likeness (QED) is 0.300. The zero-order valence-corrected chi connectivity index (χ0v) is 18.5. The molecule has 0 spiro atoms. The fraction of sp³-hybridized carbons (Fsp3) is 0.192. The van der Waals surface area contributed by atoms with Crippen LogP contribution in [0, 0.1) is 0 Å². The Morgan fingerprint density at radius 3 is 2.79 bits per heavy atom. The second kappa shape index (κ2) is 11.1. The van der Waals surface area contributed by atoms with Gasteiger partial charge in [-0.25, -0.2) is 0 Å². The molecule has 0 fully saturated rings. The highest BCUT2D eigenvalue weighted by Gasteiger charge is 2.11. The third-order valence-electron chi connectivity index (χ3n) is 5.02. The number of anilines is 2. The summed E-state index contributed by atoms with van der Waals surface area (Å²) in [4.78, 5) is 17.0. The van der Waals surface area contributed by atoms with Crippen LogP contribution in [0.25, 0.3) is 23.1 Å². The largest absolute Gasteiger partial charge is 0.380 e. The van der Waals surface area contributed by atoms with Crippen molar-refractivity contribution < 1.29 is 9.53 Å². The molecule has 0 saturated carbocycles. The van der Waals surface area contributed by atoms with E-state index < -0.39 is 0 Å². The van der Waals surface area contributed by atoms with Crippen LogP contribution in [0.3, 0.4) is 0 Å². The molecule has 0 saturated heterocycles. The summed E-state index contributed by atoms with van der Waals surface area (Å²) in [6.07, 6.45) is 6.60. The Morgan fingerprint density at radius 1 is 1.06 bits per heavy atom. The summed E-state index contributed by atoms with van der Waals surface area (Å²) < 4.78 is 5.43. The molecule has 7 heteroatoms. The third-order valence-corrected chi connectivity index (χ3v) is 5.02. The maximum absolute atomic E-state index is 12.7. The van der Waals surface area contributed by atoms with Crippen LogP contribution in [-0.4, -0.2) is 40.8 Å². The first-order valence-electron chi connectivity index (χ1n) is 11.0. The number of amides is 1. The number of hydrogen-bond acceptors (Lipinski definition) is 5. The molecule has 4 rings (SSSR count). The lowest BCUT2D eigenvalue weighted by atomic mass is 10.1. The van der Waals surface area contributed by atoms with Crippen molar-refractivity contribution in [2.24, 2.45) is 0 Å². The van der Waals surface area contributed by atoms with Gasteiger partial charge in [0.05, 0.1) is 34.8 Å². The number of benzene rings is 2. The summed E-state index contributed by atoms with van der Waals surface area (Å²) in [5.74, 6) is -0.136. The molecule has 2 heterocycles. The van der Waals surface area contributed by atoms with E-state index in [1.165, 1.54) is 0 Å². The zero-order chi connectivity index (χ0) is 22.9. The van der Waals surface area contributed by atoms with Crippen LogP contribution in [0.4, 0.5) is 11.4 Å². The maximum atomic E-state index is 12.7. The first-order valence-corrected chi connectivity index (χ1v) is 11.0. The Hall–Kier alpha value is -3.97. The molecule has 33 heavy (non-hydrogen) atoms. The van der Waals surface area contributed by atoms with Crippen molar-refractivity contribution in [1.82, 2.24) is 20.5 Å². The highest BCUT2D eigenvalue weighted by Crippen LogP contribution is 2.26. The second-order valence-corrected chi connectivity index (χ2v) is 7.50. The van der Waals surface area contributed by atoms with Crippen LogP contribution in [0.5, 0.6) is 0 Å². The summed E-state index contributed by atoms with van der Waals surface area (Å²) in [6, 6.07) is 19.2. The Morgan fingerprint density at radius 2 is 1.94 bits per heavy atom. The van der Waals surface area contributed by atoms with Crippen LogP contribution in [0.15, 0.2) is 66.9 Å². The fourth-order valence-electron chi connectivity index (χ4n) is 3.41. The van der Waals surface area contributed by atoms with Crippen molar-refractivity contribution >= 4 is 40.3 Å². The molecule has 7 nitrogen and oxygen atoms in total. The van der Waals surface area contributed by atoms with Gasteiger partial charge in [-0.05, 0) is 61.0 Å². The van der Waals surface area contributed by atoms with E-state index in [4.69, 9.17) is 4.74 Å². The van der Waals surface area contributed by atoms with Gasteiger partial charge in [-0.3, -0.25) is 14.9 Å². The van der Waals surface area contributed by atoms with Crippen LogP contribution >= 0.6 is 0 Å². The normalized spacial score (nSPS) is 11.2. The van der Waals surface area contributed by atoms with E-state index >= 15 is 0 Å². The first kappa shape index (κ1) is 22.2. The average Bonchev–Trinajstić information content (AvgIpc) is 3.25. The minimum atomic E-state index is -0.136. The van der Waals surface area contributed by atoms with Crippen LogP contribution in [0.1, 0.15) is 35.1 Å². The number of aromatic amines is 1. The predicted molar refractivity (Wildman–Crippen MR) is 132 cm³/mol. The first-order chi connectivity index (χ1) is 16.2. The van der Waals surface area contributed by atoms with E-state index in [9.17, 15) is 4.79 Å². The van der Waals surface area contributed by atoms with Crippen LogP contribution < -0.4 is 10.6 Å². The maximum Gasteiger partial charge on any atom is 0.253 e. The van der Waals surface area contributed by atoms with Gasteiger partial charge < -0.3 is 15.4 Å². The highest BCUT2D eigenvalue weighted by atomic mass is 16.5. The molecule has 0 radical (unpaired) electrons. The number of nitrogens with zero attached hydrogens (tertiary/aromatic N) is 2. The number of aromatic nitrogens is 3. The third kappa shape index (κ3) is 5.84. The molecule has 0 aliphatic rings. The molecule has 3 N–H and O–H groups in total. The number of ether oxygens (including phenoxy) is 1. The summed E-state index contributed by atoms with van der Waals surface area (Å²) in [6.45, 7) is 3.73. The standard InChI is InChI=1S/C26H27N5O2/c1-2-16-33-17-15-28-26(32)22-8-3-4-9-23(22)29-20-10-12-21-24(30-31-25(21)18-20)13-11-19-7-5-6-14-27-19/h3-14,18,29H,2,15-17H2,1H3,(H,28,32)(H,30,31)/b13-11+. The molecule has 1 amide bonds. The summed E-state index contributed by atoms with van der Waals surface area (Å²) in [5.41, 5.74) is 4.79. The summed E-state index contributed by atoms with van der Waals surface area (Å²) in [5, 5.41) is 14.8. The number of pyridine rings is 1. The van der Waals surface area contributed by atoms with Gasteiger partial charge in [0.2, 0.25) is 0 Å². The van der Waals surface area contributed by atoms with E-state index in [0.717, 1.165) is 40.1 Å².